The standard InChI is InChI=1S/C17H15I2N2O2S4/c1-16(2)17(3,4)21(23)13(20(16)22)8-5-6-9-10(7-8)25-14(24-9)15-26-11(18)12(19)27-15/h5-7H,1-4H3. The molecule has 3 aliphatic rings. The fraction of sp³-hybridized carbons (Fsp3) is 0.353. The molecule has 0 N–H and O–H groups in total. The lowest BCUT2D eigenvalue weighted by Gasteiger charge is -2.32. The highest BCUT2D eigenvalue weighted by molar-refractivity contribution is 14.1. The molecule has 0 fully saturated rings. The van der Waals surface area contributed by atoms with E-state index in [1.165, 1.54) is 19.2 Å². The number of amidine groups is 1. The maximum absolute atomic E-state index is 12.9. The van der Waals surface area contributed by atoms with E-state index in [4.69, 9.17) is 0 Å². The van der Waals surface area contributed by atoms with Crippen LogP contribution in [-0.2, 0) is 5.21 Å². The molecule has 0 saturated heterocycles. The van der Waals surface area contributed by atoms with Crippen LogP contribution in [0.4, 0.5) is 0 Å². The van der Waals surface area contributed by atoms with Crippen LogP contribution in [0.5, 0.6) is 0 Å². The molecule has 143 valence electrons. The molecule has 0 saturated carbocycles. The quantitative estimate of drug-likeness (QED) is 0.184. The van der Waals surface area contributed by atoms with E-state index in [9.17, 15) is 10.4 Å². The summed E-state index contributed by atoms with van der Waals surface area (Å²) in [6.45, 7) is 7.29. The van der Waals surface area contributed by atoms with Gasteiger partial charge in [-0.05, 0) is 91.1 Å². The normalized spacial score (nSPS) is 23.7. The van der Waals surface area contributed by atoms with Crippen LogP contribution in [0.1, 0.15) is 33.3 Å². The first-order valence-corrected chi connectivity index (χ1v) is 13.4. The zero-order chi connectivity index (χ0) is 19.7. The Morgan fingerprint density at radius 3 is 2.07 bits per heavy atom. The Bertz CT molecular complexity index is 940. The Kier molecular flexibility index (Phi) is 5.60. The SMILES string of the molecule is CC1(C)N([O])C(c2ccc3c(c2)SC(=C2SC(I)=C(I)S2)S3)=[N+]([O-])C1(C)C. The zero-order valence-electron chi connectivity index (χ0n) is 14.8. The molecule has 0 atom stereocenters. The van der Waals surface area contributed by atoms with Crippen molar-refractivity contribution >= 4 is 98.1 Å². The fourth-order valence-corrected chi connectivity index (χ4v) is 10.4. The smallest absolute Gasteiger partial charge is 0.316 e. The maximum Gasteiger partial charge on any atom is 0.316 e. The van der Waals surface area contributed by atoms with Crippen LogP contribution in [0.15, 0.2) is 42.3 Å². The molecule has 10 heteroatoms. The van der Waals surface area contributed by atoms with E-state index in [0.717, 1.165) is 14.7 Å². The van der Waals surface area contributed by atoms with E-state index in [1.54, 1.807) is 23.5 Å². The number of benzene rings is 1. The molecule has 0 spiro atoms. The summed E-state index contributed by atoms with van der Waals surface area (Å²) in [5.74, 6) is 0.204. The molecule has 1 radical (unpaired) electrons. The van der Waals surface area contributed by atoms with Crippen molar-refractivity contribution in [3.05, 3.63) is 43.3 Å². The number of halogens is 2. The largest absolute Gasteiger partial charge is 0.714 e. The van der Waals surface area contributed by atoms with Gasteiger partial charge in [0.2, 0.25) is 0 Å². The van der Waals surface area contributed by atoms with Crippen molar-refractivity contribution in [2.45, 2.75) is 48.6 Å². The molecule has 27 heavy (non-hydrogen) atoms. The summed E-state index contributed by atoms with van der Waals surface area (Å²) in [6.07, 6.45) is 0. The van der Waals surface area contributed by atoms with Gasteiger partial charge in [-0.3, -0.25) is 4.74 Å². The number of nitrogens with zero attached hydrogens (tertiary/aromatic N) is 2. The summed E-state index contributed by atoms with van der Waals surface area (Å²) in [7, 11) is 0. The minimum Gasteiger partial charge on any atom is -0.714 e. The molecule has 4 nitrogen and oxygen atoms in total. The average Bonchev–Trinajstić information content (AvgIpc) is 3.20. The van der Waals surface area contributed by atoms with Gasteiger partial charge in [0.1, 0.15) is 5.54 Å². The first-order chi connectivity index (χ1) is 12.5. The summed E-state index contributed by atoms with van der Waals surface area (Å²) in [6, 6.07) is 5.90. The van der Waals surface area contributed by atoms with E-state index < -0.39 is 11.1 Å². The Balaban J connectivity index is 1.69. The van der Waals surface area contributed by atoms with Gasteiger partial charge in [0.25, 0.3) is 0 Å². The van der Waals surface area contributed by atoms with Gasteiger partial charge >= 0.3 is 5.84 Å². The predicted octanol–water partition coefficient (Wildman–Crippen LogP) is 6.96. The van der Waals surface area contributed by atoms with Crippen molar-refractivity contribution in [2.24, 2.45) is 0 Å². The van der Waals surface area contributed by atoms with Crippen molar-refractivity contribution in [3.63, 3.8) is 0 Å². The molecule has 1 aromatic carbocycles. The summed E-state index contributed by atoms with van der Waals surface area (Å²) >= 11 is 11.9. The molecule has 0 bridgehead atoms. The summed E-state index contributed by atoms with van der Waals surface area (Å²) in [4.78, 5) is 2.28. The maximum atomic E-state index is 12.9. The van der Waals surface area contributed by atoms with Gasteiger partial charge in [0, 0.05) is 15.0 Å². The van der Waals surface area contributed by atoms with Gasteiger partial charge < -0.3 is 5.21 Å². The monoisotopic (exact) mass is 661 g/mol. The van der Waals surface area contributed by atoms with Gasteiger partial charge in [-0.15, -0.1) is 0 Å². The molecule has 1 aromatic rings. The molecule has 0 aliphatic carbocycles. The minimum absolute atomic E-state index is 0.204. The second-order valence-corrected chi connectivity index (χ2v) is 15.5. The highest BCUT2D eigenvalue weighted by Gasteiger charge is 2.60. The number of thioether (sulfide) groups is 4. The first-order valence-electron chi connectivity index (χ1n) is 8.01. The number of rotatable bonds is 1. The molecule has 3 aliphatic heterocycles. The molecular formula is C17H15I2N2O2S4. The zero-order valence-corrected chi connectivity index (χ0v) is 22.4. The Morgan fingerprint density at radius 1 is 0.963 bits per heavy atom. The van der Waals surface area contributed by atoms with Crippen molar-refractivity contribution in [2.75, 3.05) is 0 Å². The van der Waals surface area contributed by atoms with Crippen molar-refractivity contribution in [1.29, 1.82) is 0 Å². The second kappa shape index (κ2) is 7.19. The molecule has 4 rings (SSSR count). The number of hydrogen-bond donors (Lipinski definition) is 0. The number of hydrogen-bond acceptors (Lipinski definition) is 6. The second-order valence-electron chi connectivity index (χ2n) is 7.22. The lowest BCUT2D eigenvalue weighted by molar-refractivity contribution is -0.539. The minimum atomic E-state index is -0.797. The van der Waals surface area contributed by atoms with Crippen LogP contribution in [0.2, 0.25) is 0 Å². The van der Waals surface area contributed by atoms with Gasteiger partial charge in [-0.25, -0.2) is 0 Å². The van der Waals surface area contributed by atoms with E-state index in [-0.39, 0.29) is 5.84 Å². The highest BCUT2D eigenvalue weighted by atomic mass is 127. The van der Waals surface area contributed by atoms with Crippen molar-refractivity contribution < 1.29 is 9.95 Å². The van der Waals surface area contributed by atoms with Gasteiger partial charge in [0.05, 0.1) is 19.9 Å². The summed E-state index contributed by atoms with van der Waals surface area (Å²) in [5, 5.41) is 26.7. The van der Waals surface area contributed by atoms with Crippen LogP contribution >= 0.6 is 92.2 Å². The molecule has 0 unspecified atom stereocenters. The predicted molar refractivity (Wildman–Crippen MR) is 134 cm³/mol. The van der Waals surface area contributed by atoms with Crippen LogP contribution < -0.4 is 0 Å². The topological polar surface area (TPSA) is 49.2 Å². The van der Waals surface area contributed by atoms with Crippen molar-refractivity contribution in [1.82, 2.24) is 5.06 Å². The Labute approximate surface area is 202 Å². The Morgan fingerprint density at radius 2 is 1.52 bits per heavy atom. The van der Waals surface area contributed by atoms with Crippen LogP contribution in [0.25, 0.3) is 0 Å². The molecule has 0 amide bonds. The Hall–Kier alpha value is 0.790. The third-order valence-electron chi connectivity index (χ3n) is 5.19. The summed E-state index contributed by atoms with van der Waals surface area (Å²) < 4.78 is 6.09. The molecule has 3 heterocycles. The van der Waals surface area contributed by atoms with E-state index in [2.05, 4.69) is 45.2 Å². The van der Waals surface area contributed by atoms with Gasteiger partial charge in [-0.1, -0.05) is 52.1 Å². The molecular weight excluding hydrogens is 646 g/mol. The number of fused-ring (bicyclic) bond motifs is 1. The lowest BCUT2D eigenvalue weighted by Crippen LogP contribution is -2.53. The van der Waals surface area contributed by atoms with Gasteiger partial charge in [-0.2, -0.15) is 0 Å². The van der Waals surface area contributed by atoms with Crippen LogP contribution in [0, 0.1) is 5.21 Å². The van der Waals surface area contributed by atoms with Crippen LogP contribution in [0.3, 0.4) is 0 Å². The lowest BCUT2D eigenvalue weighted by atomic mass is 9.84. The third-order valence-corrected chi connectivity index (χ3v) is 14.6. The highest BCUT2D eigenvalue weighted by Crippen LogP contribution is 2.62. The fourth-order valence-electron chi connectivity index (χ4n) is 2.81. The number of hydroxylamine groups is 3. The van der Waals surface area contributed by atoms with E-state index in [1.807, 2.05) is 69.4 Å². The van der Waals surface area contributed by atoms with Crippen molar-refractivity contribution in [3.8, 4) is 0 Å². The first kappa shape index (κ1) is 21.0. The average molecular weight is 661 g/mol. The third kappa shape index (κ3) is 3.29. The van der Waals surface area contributed by atoms with Gasteiger partial charge in [0.15, 0.2) is 5.54 Å². The summed E-state index contributed by atoms with van der Waals surface area (Å²) in [5.41, 5.74) is -0.909. The van der Waals surface area contributed by atoms with Crippen LogP contribution in [-0.4, -0.2) is 26.7 Å². The molecule has 0 aromatic heterocycles. The van der Waals surface area contributed by atoms with E-state index in [0.29, 0.717) is 5.56 Å². The van der Waals surface area contributed by atoms with E-state index >= 15 is 0 Å².